The Morgan fingerprint density at radius 2 is 2.08 bits per heavy atom. The van der Waals surface area contributed by atoms with E-state index in [-0.39, 0.29) is 18.9 Å². The van der Waals surface area contributed by atoms with Crippen molar-refractivity contribution in [1.82, 2.24) is 0 Å². The van der Waals surface area contributed by atoms with E-state index in [1.807, 2.05) is 25.1 Å². The molecule has 1 N–H and O–H groups in total. The van der Waals surface area contributed by atoms with Crippen LogP contribution < -0.4 is 4.90 Å². The zero-order chi connectivity index (χ0) is 18.8. The zero-order valence-corrected chi connectivity index (χ0v) is 16.4. The van der Waals surface area contributed by atoms with Crippen LogP contribution in [0.15, 0.2) is 45.8 Å². The number of aliphatic carboxylic acids is 1. The molecule has 2 aromatic carbocycles. The van der Waals surface area contributed by atoms with Crippen molar-refractivity contribution in [3.63, 3.8) is 0 Å². The molecule has 3 rings (SSSR count). The number of fused-ring (bicyclic) bond motifs is 1. The standard InChI is InChI=1S/C19H17BrFNO3S/c1-2-11-3-6-16-15(7-11)22(19(25)17(26-16)9-18(23)24)10-12-4-5-13(20)8-14(12)21/h3-8,17H,2,9-10H2,1H3,(H,23,24). The second kappa shape index (κ2) is 7.80. The number of benzene rings is 2. The van der Waals surface area contributed by atoms with Crippen molar-refractivity contribution in [2.24, 2.45) is 0 Å². The molecular weight excluding hydrogens is 421 g/mol. The summed E-state index contributed by atoms with van der Waals surface area (Å²) in [5.41, 5.74) is 2.16. The molecule has 1 aliphatic rings. The first-order valence-corrected chi connectivity index (χ1v) is 9.83. The van der Waals surface area contributed by atoms with E-state index in [9.17, 15) is 14.0 Å². The molecule has 2 aromatic rings. The highest BCUT2D eigenvalue weighted by molar-refractivity contribution is 9.10. The van der Waals surface area contributed by atoms with Crippen molar-refractivity contribution < 1.29 is 19.1 Å². The fourth-order valence-electron chi connectivity index (χ4n) is 2.86. The van der Waals surface area contributed by atoms with Crippen LogP contribution in [-0.2, 0) is 22.6 Å². The van der Waals surface area contributed by atoms with Crippen LogP contribution in [0.5, 0.6) is 0 Å². The first-order chi connectivity index (χ1) is 12.4. The highest BCUT2D eigenvalue weighted by Crippen LogP contribution is 2.41. The fourth-order valence-corrected chi connectivity index (χ4v) is 4.39. The second-order valence-electron chi connectivity index (χ2n) is 6.02. The average molecular weight is 438 g/mol. The maximum Gasteiger partial charge on any atom is 0.305 e. The normalized spacial score (nSPS) is 16.5. The molecule has 1 heterocycles. The topological polar surface area (TPSA) is 57.6 Å². The van der Waals surface area contributed by atoms with Gasteiger partial charge in [-0.25, -0.2) is 4.39 Å². The van der Waals surface area contributed by atoms with E-state index in [2.05, 4.69) is 15.9 Å². The number of halogens is 2. The smallest absolute Gasteiger partial charge is 0.305 e. The summed E-state index contributed by atoms with van der Waals surface area (Å²) in [5.74, 6) is -1.74. The highest BCUT2D eigenvalue weighted by atomic mass is 79.9. The van der Waals surface area contributed by atoms with Crippen LogP contribution in [-0.4, -0.2) is 22.2 Å². The SMILES string of the molecule is CCc1ccc2c(c1)N(Cc1ccc(Br)cc1F)C(=O)C(CC(=O)O)S2. The lowest BCUT2D eigenvalue weighted by Gasteiger charge is -2.33. The van der Waals surface area contributed by atoms with Crippen LogP contribution in [0.25, 0.3) is 0 Å². The Hall–Kier alpha value is -1.86. The molecule has 1 amide bonds. The van der Waals surface area contributed by atoms with Crippen molar-refractivity contribution in [2.45, 2.75) is 36.5 Å². The lowest BCUT2D eigenvalue weighted by molar-refractivity contribution is -0.138. The quantitative estimate of drug-likeness (QED) is 0.740. The number of carboxylic acid groups (broad SMARTS) is 1. The molecule has 0 bridgehead atoms. The van der Waals surface area contributed by atoms with Gasteiger partial charge in [0.2, 0.25) is 5.91 Å². The molecule has 1 aliphatic heterocycles. The molecule has 1 atom stereocenters. The van der Waals surface area contributed by atoms with Crippen LogP contribution in [0.4, 0.5) is 10.1 Å². The number of thioether (sulfide) groups is 1. The Morgan fingerprint density at radius 3 is 2.73 bits per heavy atom. The summed E-state index contributed by atoms with van der Waals surface area (Å²) in [6, 6.07) is 10.5. The van der Waals surface area contributed by atoms with Gasteiger partial charge in [0.05, 0.1) is 23.9 Å². The zero-order valence-electron chi connectivity index (χ0n) is 14.0. The van der Waals surface area contributed by atoms with Crippen molar-refractivity contribution in [3.05, 3.63) is 57.8 Å². The van der Waals surface area contributed by atoms with E-state index >= 15 is 0 Å². The molecule has 0 radical (unpaired) electrons. The molecule has 0 aliphatic carbocycles. The summed E-state index contributed by atoms with van der Waals surface area (Å²) >= 11 is 4.49. The lowest BCUT2D eigenvalue weighted by atomic mass is 10.1. The molecule has 0 spiro atoms. The maximum absolute atomic E-state index is 14.3. The number of rotatable bonds is 5. The summed E-state index contributed by atoms with van der Waals surface area (Å²) in [7, 11) is 0. The molecule has 7 heteroatoms. The number of hydrogen-bond acceptors (Lipinski definition) is 3. The summed E-state index contributed by atoms with van der Waals surface area (Å²) in [5, 5.41) is 8.40. The second-order valence-corrected chi connectivity index (χ2v) is 8.18. The van der Waals surface area contributed by atoms with Crippen molar-refractivity contribution in [2.75, 3.05) is 4.90 Å². The summed E-state index contributed by atoms with van der Waals surface area (Å²) < 4.78 is 14.9. The summed E-state index contributed by atoms with van der Waals surface area (Å²) in [4.78, 5) is 26.4. The molecule has 0 saturated heterocycles. The molecule has 0 saturated carbocycles. The molecule has 0 aromatic heterocycles. The number of carbonyl (C=O) groups is 2. The third-order valence-electron chi connectivity index (χ3n) is 4.24. The maximum atomic E-state index is 14.3. The van der Waals surface area contributed by atoms with E-state index in [4.69, 9.17) is 5.11 Å². The van der Waals surface area contributed by atoms with Crippen LogP contribution in [0, 0.1) is 5.82 Å². The molecule has 0 fully saturated rings. The Labute approximate surface area is 163 Å². The Kier molecular flexibility index (Phi) is 5.67. The van der Waals surface area contributed by atoms with Gasteiger partial charge in [0.15, 0.2) is 0 Å². The first-order valence-electron chi connectivity index (χ1n) is 8.15. The number of aryl methyl sites for hydroxylation is 1. The molecule has 4 nitrogen and oxygen atoms in total. The molecule has 136 valence electrons. The Morgan fingerprint density at radius 1 is 1.31 bits per heavy atom. The number of amides is 1. The number of hydrogen-bond donors (Lipinski definition) is 1. The predicted octanol–water partition coefficient (Wildman–Crippen LogP) is 4.63. The van der Waals surface area contributed by atoms with Gasteiger partial charge in [0, 0.05) is 14.9 Å². The third kappa shape index (κ3) is 3.94. The number of carboxylic acids is 1. The number of carbonyl (C=O) groups excluding carboxylic acids is 1. The Bertz CT molecular complexity index is 874. The van der Waals surface area contributed by atoms with Gasteiger partial charge in [0.25, 0.3) is 0 Å². The van der Waals surface area contributed by atoms with Crippen LogP contribution in [0.3, 0.4) is 0 Å². The van der Waals surface area contributed by atoms with Gasteiger partial charge in [-0.2, -0.15) is 0 Å². The van der Waals surface area contributed by atoms with E-state index < -0.39 is 17.0 Å². The van der Waals surface area contributed by atoms with Gasteiger partial charge < -0.3 is 10.0 Å². The molecule has 1 unspecified atom stereocenters. The average Bonchev–Trinajstić information content (AvgIpc) is 2.59. The minimum Gasteiger partial charge on any atom is -0.481 e. The summed E-state index contributed by atoms with van der Waals surface area (Å²) in [6.07, 6.45) is 0.545. The predicted molar refractivity (Wildman–Crippen MR) is 103 cm³/mol. The van der Waals surface area contributed by atoms with Crippen molar-refractivity contribution >= 4 is 45.3 Å². The van der Waals surface area contributed by atoms with Gasteiger partial charge in [-0.05, 0) is 36.2 Å². The number of anilines is 1. The largest absolute Gasteiger partial charge is 0.481 e. The van der Waals surface area contributed by atoms with E-state index in [1.54, 1.807) is 12.1 Å². The first kappa shape index (κ1) is 18.9. The Balaban J connectivity index is 2.02. The third-order valence-corrected chi connectivity index (χ3v) is 5.98. The van der Waals surface area contributed by atoms with Crippen LogP contribution in [0.2, 0.25) is 0 Å². The minimum absolute atomic E-state index is 0.0643. The van der Waals surface area contributed by atoms with Gasteiger partial charge in [-0.3, -0.25) is 9.59 Å². The molecular formula is C19H17BrFNO3S. The van der Waals surface area contributed by atoms with Gasteiger partial charge in [-0.15, -0.1) is 11.8 Å². The van der Waals surface area contributed by atoms with Crippen molar-refractivity contribution in [3.8, 4) is 0 Å². The van der Waals surface area contributed by atoms with E-state index in [0.717, 1.165) is 16.9 Å². The van der Waals surface area contributed by atoms with E-state index in [0.29, 0.717) is 15.7 Å². The van der Waals surface area contributed by atoms with Gasteiger partial charge in [-0.1, -0.05) is 35.0 Å². The van der Waals surface area contributed by atoms with Crippen LogP contribution in [0.1, 0.15) is 24.5 Å². The lowest BCUT2D eigenvalue weighted by Crippen LogP contribution is -2.41. The van der Waals surface area contributed by atoms with Gasteiger partial charge in [0.1, 0.15) is 5.82 Å². The number of nitrogens with zero attached hydrogens (tertiary/aromatic N) is 1. The highest BCUT2D eigenvalue weighted by Gasteiger charge is 2.35. The van der Waals surface area contributed by atoms with Gasteiger partial charge >= 0.3 is 5.97 Å². The minimum atomic E-state index is -1.03. The monoisotopic (exact) mass is 437 g/mol. The van der Waals surface area contributed by atoms with Crippen molar-refractivity contribution in [1.29, 1.82) is 0 Å². The van der Waals surface area contributed by atoms with E-state index in [1.165, 1.54) is 22.7 Å². The molecule has 26 heavy (non-hydrogen) atoms. The van der Waals surface area contributed by atoms with Crippen LogP contribution >= 0.6 is 27.7 Å². The fraction of sp³-hybridized carbons (Fsp3) is 0.263. The summed E-state index contributed by atoms with van der Waals surface area (Å²) in [6.45, 7) is 2.08.